The lowest BCUT2D eigenvalue weighted by molar-refractivity contribution is 0.0600. The third kappa shape index (κ3) is 5.87. The van der Waals surface area contributed by atoms with E-state index in [2.05, 4.69) is 32.6 Å². The average Bonchev–Trinajstić information content (AvgIpc) is 3.42. The summed E-state index contributed by atoms with van der Waals surface area (Å²) in [6.07, 6.45) is 5.19. The molecule has 2 N–H and O–H groups in total. The van der Waals surface area contributed by atoms with E-state index in [1.807, 2.05) is 42.6 Å². The van der Waals surface area contributed by atoms with Crippen molar-refractivity contribution in [3.63, 3.8) is 0 Å². The lowest BCUT2D eigenvalue weighted by Crippen LogP contribution is -2.28. The van der Waals surface area contributed by atoms with Gasteiger partial charge in [0.1, 0.15) is 0 Å². The van der Waals surface area contributed by atoms with Crippen LogP contribution in [0.3, 0.4) is 0 Å². The number of hydrogen-bond acceptors (Lipinski definition) is 5. The summed E-state index contributed by atoms with van der Waals surface area (Å²) in [4.78, 5) is 28.3. The van der Waals surface area contributed by atoms with E-state index in [0.29, 0.717) is 29.2 Å². The van der Waals surface area contributed by atoms with Gasteiger partial charge in [0, 0.05) is 41.9 Å². The molecule has 4 rings (SSSR count). The van der Waals surface area contributed by atoms with Crippen molar-refractivity contribution in [1.29, 1.82) is 0 Å². The number of amides is 2. The second-order valence-electron chi connectivity index (χ2n) is 7.19. The number of benzene rings is 2. The summed E-state index contributed by atoms with van der Waals surface area (Å²) >= 11 is 0. The molecule has 0 fully saturated rings. The Morgan fingerprint density at radius 2 is 1.79 bits per heavy atom. The molecule has 0 saturated carbocycles. The largest absolute Gasteiger partial charge is 0.465 e. The number of carbonyl (C=O) groups is 2. The molecule has 0 aliphatic heterocycles. The molecule has 8 heteroatoms. The summed E-state index contributed by atoms with van der Waals surface area (Å²) < 4.78 is 6.40. The third-order valence-electron chi connectivity index (χ3n) is 4.76. The van der Waals surface area contributed by atoms with Crippen LogP contribution >= 0.6 is 0 Å². The summed E-state index contributed by atoms with van der Waals surface area (Å²) in [6, 6.07) is 19.3. The van der Waals surface area contributed by atoms with Gasteiger partial charge in [-0.1, -0.05) is 30.0 Å². The van der Waals surface area contributed by atoms with Crippen LogP contribution in [0.4, 0.5) is 10.5 Å². The van der Waals surface area contributed by atoms with Gasteiger partial charge in [-0.05, 0) is 54.1 Å². The summed E-state index contributed by atoms with van der Waals surface area (Å²) in [5.74, 6) is 6.36. The predicted octanol–water partition coefficient (Wildman–Crippen LogP) is 3.78. The molecule has 0 atom stereocenters. The first-order valence-corrected chi connectivity index (χ1v) is 10.4. The van der Waals surface area contributed by atoms with Crippen LogP contribution in [0.5, 0.6) is 0 Å². The first kappa shape index (κ1) is 22.3. The van der Waals surface area contributed by atoms with Crippen LogP contribution in [0, 0.1) is 11.8 Å². The fraction of sp³-hybridized carbons (Fsp3) is 0.0769. The molecular weight excluding hydrogens is 430 g/mol. The Labute approximate surface area is 196 Å². The van der Waals surface area contributed by atoms with Gasteiger partial charge in [0.05, 0.1) is 12.7 Å². The SMILES string of the molecule is COC(=O)c1cccc(C#Cc2cccc(NC(=O)NCc3ccc(-n4cccn4)nc3)c2)c1. The first-order chi connectivity index (χ1) is 16.6. The molecule has 8 nitrogen and oxygen atoms in total. The van der Waals surface area contributed by atoms with Crippen molar-refractivity contribution in [3.05, 3.63) is 108 Å². The summed E-state index contributed by atoms with van der Waals surface area (Å²) in [6.45, 7) is 0.328. The van der Waals surface area contributed by atoms with E-state index in [1.165, 1.54) is 7.11 Å². The number of rotatable bonds is 5. The second kappa shape index (κ2) is 10.6. The predicted molar refractivity (Wildman–Crippen MR) is 127 cm³/mol. The van der Waals surface area contributed by atoms with Gasteiger partial charge in [-0.25, -0.2) is 19.3 Å². The zero-order chi connectivity index (χ0) is 23.8. The highest BCUT2D eigenvalue weighted by Gasteiger charge is 2.05. The number of aromatic nitrogens is 3. The maximum absolute atomic E-state index is 12.3. The van der Waals surface area contributed by atoms with Crippen molar-refractivity contribution >= 4 is 17.7 Å². The van der Waals surface area contributed by atoms with Crippen LogP contribution in [0.2, 0.25) is 0 Å². The smallest absolute Gasteiger partial charge is 0.337 e. The van der Waals surface area contributed by atoms with Crippen molar-refractivity contribution in [3.8, 4) is 17.7 Å². The number of urea groups is 1. The zero-order valence-corrected chi connectivity index (χ0v) is 18.4. The van der Waals surface area contributed by atoms with Gasteiger partial charge in [-0.3, -0.25) is 0 Å². The van der Waals surface area contributed by atoms with Gasteiger partial charge < -0.3 is 15.4 Å². The van der Waals surface area contributed by atoms with E-state index in [9.17, 15) is 9.59 Å². The van der Waals surface area contributed by atoms with Crippen LogP contribution in [-0.2, 0) is 11.3 Å². The summed E-state index contributed by atoms with van der Waals surface area (Å²) in [7, 11) is 1.34. The molecule has 34 heavy (non-hydrogen) atoms. The van der Waals surface area contributed by atoms with Crippen molar-refractivity contribution in [2.45, 2.75) is 6.54 Å². The molecule has 0 aliphatic carbocycles. The minimum Gasteiger partial charge on any atom is -0.465 e. The van der Waals surface area contributed by atoms with Crippen molar-refractivity contribution < 1.29 is 14.3 Å². The van der Waals surface area contributed by atoms with E-state index >= 15 is 0 Å². The van der Waals surface area contributed by atoms with Gasteiger partial charge in [0.25, 0.3) is 0 Å². The van der Waals surface area contributed by atoms with Gasteiger partial charge in [-0.15, -0.1) is 0 Å². The summed E-state index contributed by atoms with van der Waals surface area (Å²) in [5, 5.41) is 9.75. The number of hydrogen-bond donors (Lipinski definition) is 2. The fourth-order valence-corrected chi connectivity index (χ4v) is 3.08. The number of carbonyl (C=O) groups excluding carboxylic acids is 2. The zero-order valence-electron chi connectivity index (χ0n) is 18.4. The number of ether oxygens (including phenoxy) is 1. The lowest BCUT2D eigenvalue weighted by Gasteiger charge is -2.08. The van der Waals surface area contributed by atoms with Gasteiger partial charge >= 0.3 is 12.0 Å². The first-order valence-electron chi connectivity index (χ1n) is 10.4. The average molecular weight is 451 g/mol. The molecule has 2 amide bonds. The highest BCUT2D eigenvalue weighted by atomic mass is 16.5. The fourth-order valence-electron chi connectivity index (χ4n) is 3.08. The Balaban J connectivity index is 1.34. The number of pyridine rings is 1. The van der Waals surface area contributed by atoms with E-state index in [0.717, 1.165) is 11.1 Å². The Morgan fingerprint density at radius 1 is 1.00 bits per heavy atom. The van der Waals surface area contributed by atoms with Crippen LogP contribution in [0.15, 0.2) is 85.3 Å². The normalized spacial score (nSPS) is 10.0. The third-order valence-corrected chi connectivity index (χ3v) is 4.76. The van der Waals surface area contributed by atoms with Crippen LogP contribution in [0.1, 0.15) is 27.0 Å². The van der Waals surface area contributed by atoms with Crippen LogP contribution in [0.25, 0.3) is 5.82 Å². The number of anilines is 1. The number of esters is 1. The van der Waals surface area contributed by atoms with E-state index in [1.54, 1.807) is 47.4 Å². The second-order valence-corrected chi connectivity index (χ2v) is 7.19. The monoisotopic (exact) mass is 451 g/mol. The molecule has 0 spiro atoms. The molecule has 0 aliphatic rings. The van der Waals surface area contributed by atoms with Crippen molar-refractivity contribution in [1.82, 2.24) is 20.1 Å². The topological polar surface area (TPSA) is 98.1 Å². The highest BCUT2D eigenvalue weighted by molar-refractivity contribution is 5.90. The maximum Gasteiger partial charge on any atom is 0.337 e. The number of nitrogens with one attached hydrogen (secondary N) is 2. The van der Waals surface area contributed by atoms with Crippen LogP contribution < -0.4 is 10.6 Å². The molecule has 2 aromatic carbocycles. The van der Waals surface area contributed by atoms with E-state index in [4.69, 9.17) is 4.74 Å². The van der Waals surface area contributed by atoms with E-state index < -0.39 is 5.97 Å². The quantitative estimate of drug-likeness (QED) is 0.356. The minimum absolute atomic E-state index is 0.328. The Morgan fingerprint density at radius 3 is 2.50 bits per heavy atom. The van der Waals surface area contributed by atoms with Crippen molar-refractivity contribution in [2.75, 3.05) is 12.4 Å². The summed E-state index contributed by atoms with van der Waals surface area (Å²) in [5.41, 5.74) is 3.32. The molecule has 0 saturated heterocycles. The van der Waals surface area contributed by atoms with Gasteiger partial charge in [0.15, 0.2) is 5.82 Å². The molecule has 2 aromatic heterocycles. The number of methoxy groups -OCH3 is 1. The Hall–Kier alpha value is -4.90. The van der Waals surface area contributed by atoms with Crippen molar-refractivity contribution in [2.24, 2.45) is 0 Å². The van der Waals surface area contributed by atoms with Gasteiger partial charge in [0.2, 0.25) is 0 Å². The maximum atomic E-state index is 12.3. The Kier molecular flexibility index (Phi) is 6.96. The molecule has 2 heterocycles. The Bertz CT molecular complexity index is 1350. The van der Waals surface area contributed by atoms with Crippen LogP contribution in [-0.4, -0.2) is 33.9 Å². The van der Waals surface area contributed by atoms with Gasteiger partial charge in [-0.2, -0.15) is 5.10 Å². The highest BCUT2D eigenvalue weighted by Crippen LogP contribution is 2.11. The van der Waals surface area contributed by atoms with E-state index in [-0.39, 0.29) is 6.03 Å². The number of nitrogens with zero attached hydrogens (tertiary/aromatic N) is 3. The molecule has 168 valence electrons. The molecular formula is C26H21N5O3. The lowest BCUT2D eigenvalue weighted by atomic mass is 10.1. The standard InChI is InChI=1S/C26H21N5O3/c1-34-25(32)22-7-2-5-19(15-22)9-10-20-6-3-8-23(16-20)30-26(33)28-18-21-11-12-24(27-17-21)31-14-4-13-29-31/h2-8,11-17H,18H2,1H3,(H2,28,30,33). The molecule has 4 aromatic rings. The molecule has 0 unspecified atom stereocenters. The molecule has 0 bridgehead atoms. The minimum atomic E-state index is -0.412. The molecule has 0 radical (unpaired) electrons.